The second kappa shape index (κ2) is 8.41. The van der Waals surface area contributed by atoms with Gasteiger partial charge in [0, 0.05) is 35.2 Å². The second-order valence-corrected chi connectivity index (χ2v) is 11.4. The molecule has 0 saturated carbocycles. The van der Waals surface area contributed by atoms with Crippen LogP contribution in [-0.4, -0.2) is 52.1 Å². The molecular formula is C29H30FN3O6. The number of aromatic nitrogens is 2. The van der Waals surface area contributed by atoms with Crippen LogP contribution in [0.1, 0.15) is 59.2 Å². The first kappa shape index (κ1) is 24.8. The Balaban J connectivity index is 1.44. The second-order valence-electron chi connectivity index (χ2n) is 11.4. The third-order valence-electron chi connectivity index (χ3n) is 9.25. The number of pyridine rings is 2. The number of carbonyl (C=O) groups is 1. The van der Waals surface area contributed by atoms with E-state index in [4.69, 9.17) is 14.5 Å². The van der Waals surface area contributed by atoms with Crippen LogP contribution in [-0.2, 0) is 39.4 Å². The van der Waals surface area contributed by atoms with Crippen LogP contribution in [0.4, 0.5) is 4.39 Å². The first-order valence-electron chi connectivity index (χ1n) is 13.4. The molecule has 7 rings (SSSR count). The lowest BCUT2D eigenvalue weighted by Gasteiger charge is -2.41. The van der Waals surface area contributed by atoms with Gasteiger partial charge in [0.15, 0.2) is 5.60 Å². The van der Waals surface area contributed by atoms with E-state index in [2.05, 4.69) is 5.32 Å². The van der Waals surface area contributed by atoms with E-state index in [-0.39, 0.29) is 60.1 Å². The summed E-state index contributed by atoms with van der Waals surface area (Å²) in [5.74, 6) is -1.09. The number of hydrogen-bond acceptors (Lipinski definition) is 8. The minimum atomic E-state index is -1.92. The highest BCUT2D eigenvalue weighted by atomic mass is 19.1. The summed E-state index contributed by atoms with van der Waals surface area (Å²) < 4.78 is 27.2. The number of ether oxygens (including phenoxy) is 2. The summed E-state index contributed by atoms with van der Waals surface area (Å²) in [6.45, 7) is 5.09. The molecule has 1 aromatic carbocycles. The summed E-state index contributed by atoms with van der Waals surface area (Å²) >= 11 is 0. The van der Waals surface area contributed by atoms with Crippen LogP contribution in [0.2, 0.25) is 0 Å². The van der Waals surface area contributed by atoms with Gasteiger partial charge in [0.1, 0.15) is 12.4 Å². The molecule has 3 aliphatic heterocycles. The van der Waals surface area contributed by atoms with Gasteiger partial charge in [-0.15, -0.1) is 0 Å². The standard InChI is InChI=1S/C29H30FN3O6/c1-3-29(37)18-6-22-25-16(8-33(22)26(35)17(18)9-39-27(29)36)24-20(31-10-28(11-34)12-38-13-28)5-4-15-14(2)19(30)7-21(32-25)23(15)24/h6-7,20,31,34,37H,3-5,8-13H2,1-2H3/t20-,29-/m0/s1. The summed E-state index contributed by atoms with van der Waals surface area (Å²) in [7, 11) is 0. The Labute approximate surface area is 223 Å². The topological polar surface area (TPSA) is 123 Å². The number of halogens is 1. The Kier molecular flexibility index (Phi) is 5.35. The molecule has 4 aliphatic rings. The average Bonchev–Trinajstić information content (AvgIpc) is 3.28. The zero-order chi connectivity index (χ0) is 27.3. The van der Waals surface area contributed by atoms with Gasteiger partial charge in [-0.3, -0.25) is 4.79 Å². The average molecular weight is 536 g/mol. The van der Waals surface area contributed by atoms with E-state index in [9.17, 15) is 19.8 Å². The number of aliphatic hydroxyl groups is 2. The Morgan fingerprint density at radius 2 is 2.03 bits per heavy atom. The number of esters is 1. The van der Waals surface area contributed by atoms with Crippen LogP contribution in [0.3, 0.4) is 0 Å². The summed E-state index contributed by atoms with van der Waals surface area (Å²) in [6, 6.07) is 3.04. The van der Waals surface area contributed by atoms with Crippen LogP contribution in [0.15, 0.2) is 16.9 Å². The van der Waals surface area contributed by atoms with Crippen molar-refractivity contribution in [2.45, 2.75) is 57.9 Å². The summed E-state index contributed by atoms with van der Waals surface area (Å²) in [6.07, 6.45) is 1.46. The van der Waals surface area contributed by atoms with Gasteiger partial charge in [0.25, 0.3) is 5.56 Å². The fourth-order valence-electron chi connectivity index (χ4n) is 6.74. The lowest BCUT2D eigenvalue weighted by molar-refractivity contribution is -0.172. The third kappa shape index (κ3) is 3.29. The highest BCUT2D eigenvalue weighted by Gasteiger charge is 2.46. The molecule has 0 radical (unpaired) electrons. The van der Waals surface area contributed by atoms with E-state index in [1.807, 2.05) is 0 Å². The van der Waals surface area contributed by atoms with Crippen molar-refractivity contribution in [3.8, 4) is 11.4 Å². The molecule has 1 aliphatic carbocycles. The molecule has 5 heterocycles. The number of hydrogen-bond donors (Lipinski definition) is 3. The van der Waals surface area contributed by atoms with Crippen LogP contribution in [0, 0.1) is 18.2 Å². The summed E-state index contributed by atoms with van der Waals surface area (Å²) in [5.41, 5.74) is 2.92. The van der Waals surface area contributed by atoms with Crippen molar-refractivity contribution in [1.82, 2.24) is 14.9 Å². The number of cyclic esters (lactones) is 1. The monoisotopic (exact) mass is 535 g/mol. The van der Waals surface area contributed by atoms with Gasteiger partial charge in [0.05, 0.1) is 54.2 Å². The van der Waals surface area contributed by atoms with E-state index in [1.54, 1.807) is 24.5 Å². The predicted octanol–water partition coefficient (Wildman–Crippen LogP) is 2.11. The lowest BCUT2D eigenvalue weighted by Crippen LogP contribution is -2.53. The van der Waals surface area contributed by atoms with Crippen LogP contribution < -0.4 is 10.9 Å². The van der Waals surface area contributed by atoms with Gasteiger partial charge in [-0.2, -0.15) is 0 Å². The molecule has 204 valence electrons. The largest absolute Gasteiger partial charge is 0.458 e. The van der Waals surface area contributed by atoms with Gasteiger partial charge >= 0.3 is 5.97 Å². The molecule has 39 heavy (non-hydrogen) atoms. The molecular weight excluding hydrogens is 505 g/mol. The van der Waals surface area contributed by atoms with Crippen LogP contribution in [0.25, 0.3) is 22.3 Å². The fraction of sp³-hybridized carbons (Fsp3) is 0.483. The zero-order valence-electron chi connectivity index (χ0n) is 21.9. The van der Waals surface area contributed by atoms with Crippen molar-refractivity contribution < 1.29 is 28.9 Å². The van der Waals surface area contributed by atoms with Gasteiger partial charge in [-0.1, -0.05) is 6.92 Å². The van der Waals surface area contributed by atoms with Crippen molar-refractivity contribution in [2.24, 2.45) is 5.41 Å². The molecule has 2 atom stereocenters. The number of nitrogens with one attached hydrogen (secondary N) is 1. The quantitative estimate of drug-likeness (QED) is 0.332. The lowest BCUT2D eigenvalue weighted by atomic mass is 9.80. The summed E-state index contributed by atoms with van der Waals surface area (Å²) in [5, 5.41) is 25.7. The SMILES string of the molecule is CC[C@@]1(O)C(=O)OCc2c1cc1n(c2=O)Cc2c-1nc1cc(F)c(C)c3c1c2[C@@H](NCC1(CO)COC1)CC3. The van der Waals surface area contributed by atoms with Crippen molar-refractivity contribution in [1.29, 1.82) is 0 Å². The molecule has 3 aromatic rings. The van der Waals surface area contributed by atoms with E-state index in [0.717, 1.165) is 28.5 Å². The molecule has 0 spiro atoms. The Bertz CT molecular complexity index is 1640. The Morgan fingerprint density at radius 1 is 1.23 bits per heavy atom. The van der Waals surface area contributed by atoms with E-state index in [1.165, 1.54) is 6.07 Å². The van der Waals surface area contributed by atoms with Gasteiger partial charge in [-0.25, -0.2) is 14.2 Å². The Morgan fingerprint density at radius 3 is 2.72 bits per heavy atom. The molecule has 1 saturated heterocycles. The molecule has 3 N–H and O–H groups in total. The van der Waals surface area contributed by atoms with Crippen LogP contribution >= 0.6 is 0 Å². The maximum Gasteiger partial charge on any atom is 0.343 e. The van der Waals surface area contributed by atoms with Gasteiger partial charge in [0.2, 0.25) is 0 Å². The number of carbonyl (C=O) groups excluding carboxylic acids is 1. The smallest absolute Gasteiger partial charge is 0.343 e. The first-order valence-corrected chi connectivity index (χ1v) is 13.4. The van der Waals surface area contributed by atoms with Crippen molar-refractivity contribution in [3.05, 3.63) is 61.7 Å². The zero-order valence-corrected chi connectivity index (χ0v) is 21.9. The van der Waals surface area contributed by atoms with Crippen molar-refractivity contribution in [2.75, 3.05) is 26.4 Å². The maximum absolute atomic E-state index is 15.0. The number of aliphatic hydroxyl groups excluding tert-OH is 1. The normalized spacial score (nSPS) is 24.1. The predicted molar refractivity (Wildman–Crippen MR) is 139 cm³/mol. The van der Waals surface area contributed by atoms with E-state index >= 15 is 4.39 Å². The molecule has 0 amide bonds. The van der Waals surface area contributed by atoms with Gasteiger partial charge in [-0.05, 0) is 48.9 Å². The number of aryl methyl sites for hydroxylation is 1. The van der Waals surface area contributed by atoms with E-state index in [0.29, 0.717) is 48.6 Å². The maximum atomic E-state index is 15.0. The molecule has 0 unspecified atom stereocenters. The van der Waals surface area contributed by atoms with E-state index < -0.39 is 11.6 Å². The van der Waals surface area contributed by atoms with Crippen LogP contribution in [0.5, 0.6) is 0 Å². The highest BCUT2D eigenvalue weighted by Crippen LogP contribution is 2.46. The van der Waals surface area contributed by atoms with Gasteiger partial charge < -0.3 is 29.6 Å². The minimum Gasteiger partial charge on any atom is -0.458 e. The number of benzene rings is 1. The molecule has 9 nitrogen and oxygen atoms in total. The number of rotatable bonds is 5. The summed E-state index contributed by atoms with van der Waals surface area (Å²) in [4.78, 5) is 31.1. The third-order valence-corrected chi connectivity index (χ3v) is 9.25. The number of fused-ring (bicyclic) bond motifs is 5. The molecule has 0 bridgehead atoms. The number of nitrogens with zero attached hydrogens (tertiary/aromatic N) is 2. The highest BCUT2D eigenvalue weighted by molar-refractivity contribution is 5.93. The Hall–Kier alpha value is -3.18. The van der Waals surface area contributed by atoms with Crippen molar-refractivity contribution in [3.63, 3.8) is 0 Å². The first-order chi connectivity index (χ1) is 18.7. The molecule has 1 fully saturated rings. The van der Waals surface area contributed by atoms with Crippen molar-refractivity contribution >= 4 is 16.9 Å². The molecule has 10 heteroatoms. The molecule has 2 aromatic heterocycles. The minimum absolute atomic E-state index is 0.0189. The fourth-order valence-corrected chi connectivity index (χ4v) is 6.74.